The largest absolute Gasteiger partial charge is 0.350 e. The van der Waals surface area contributed by atoms with E-state index in [1.165, 1.54) is 12.4 Å². The summed E-state index contributed by atoms with van der Waals surface area (Å²) >= 11 is 0. The molecule has 0 saturated heterocycles. The van der Waals surface area contributed by atoms with E-state index in [2.05, 4.69) is 10.3 Å². The third-order valence-electron chi connectivity index (χ3n) is 1.58. The van der Waals surface area contributed by atoms with E-state index in [9.17, 15) is 9.59 Å². The number of allylic oxidation sites excluding steroid dienone is 2. The molecule has 4 N–H and O–H groups in total. The Bertz CT molecular complexity index is 261. The predicted molar refractivity (Wildman–Crippen MR) is 57.9 cm³/mol. The number of nitrogens with one attached hydrogen (secondary N) is 2. The van der Waals surface area contributed by atoms with Crippen molar-refractivity contribution in [2.75, 3.05) is 6.54 Å². The lowest BCUT2D eigenvalue weighted by Crippen LogP contribution is -2.30. The van der Waals surface area contributed by atoms with E-state index in [4.69, 9.17) is 5.84 Å². The maximum atomic E-state index is 10.8. The summed E-state index contributed by atoms with van der Waals surface area (Å²) in [6.07, 6.45) is 4.14. The number of carbonyl (C=O) groups is 2. The number of nitrogens with zero attached hydrogens (tertiary/aromatic N) is 1. The molecule has 0 aromatic rings. The van der Waals surface area contributed by atoms with Gasteiger partial charge in [-0.2, -0.15) is 0 Å². The third kappa shape index (κ3) is 7.39. The maximum absolute atomic E-state index is 10.8. The van der Waals surface area contributed by atoms with Gasteiger partial charge in [0.05, 0.1) is 6.34 Å². The highest BCUT2D eigenvalue weighted by atomic mass is 16.2. The van der Waals surface area contributed by atoms with Crippen molar-refractivity contribution < 1.29 is 9.59 Å². The van der Waals surface area contributed by atoms with Crippen molar-refractivity contribution in [3.05, 3.63) is 11.8 Å². The Kier molecular flexibility index (Phi) is 7.89. The molecule has 0 atom stereocenters. The van der Waals surface area contributed by atoms with Crippen LogP contribution in [0.4, 0.5) is 0 Å². The van der Waals surface area contributed by atoms with Crippen LogP contribution in [-0.4, -0.2) is 25.1 Å². The van der Waals surface area contributed by atoms with Crippen LogP contribution in [0, 0.1) is 0 Å². The molecule has 0 radical (unpaired) electrons. The third-order valence-corrected chi connectivity index (χ3v) is 1.58. The van der Waals surface area contributed by atoms with Gasteiger partial charge in [-0.1, -0.05) is 0 Å². The molecular weight excluding hydrogens is 196 g/mol. The summed E-state index contributed by atoms with van der Waals surface area (Å²) in [5.41, 5.74) is 2.64. The molecule has 0 heterocycles. The Morgan fingerprint density at radius 3 is 2.73 bits per heavy atom. The fourth-order valence-electron chi connectivity index (χ4n) is 0.826. The van der Waals surface area contributed by atoms with E-state index < -0.39 is 0 Å². The summed E-state index contributed by atoms with van der Waals surface area (Å²) in [6, 6.07) is 0. The van der Waals surface area contributed by atoms with Crippen molar-refractivity contribution in [3.63, 3.8) is 0 Å². The normalized spacial score (nSPS) is 11.5. The van der Waals surface area contributed by atoms with Crippen molar-refractivity contribution in [1.82, 2.24) is 10.7 Å². The van der Waals surface area contributed by atoms with Crippen molar-refractivity contribution >= 4 is 18.5 Å². The van der Waals surface area contributed by atoms with E-state index in [1.54, 1.807) is 0 Å². The molecule has 84 valence electrons. The first-order valence-electron chi connectivity index (χ1n) is 4.63. The molecule has 6 heteroatoms. The van der Waals surface area contributed by atoms with Crippen LogP contribution in [0.1, 0.15) is 19.8 Å². The second kappa shape index (κ2) is 8.89. The van der Waals surface area contributed by atoms with Gasteiger partial charge >= 0.3 is 0 Å². The van der Waals surface area contributed by atoms with E-state index in [0.29, 0.717) is 24.9 Å². The van der Waals surface area contributed by atoms with Crippen LogP contribution in [-0.2, 0) is 9.59 Å². The Hall–Kier alpha value is -1.69. The SMILES string of the molecule is CCN=CN/C(=C\C=O)CCC(=O)NN. The monoisotopic (exact) mass is 212 g/mol. The van der Waals surface area contributed by atoms with Crippen LogP contribution < -0.4 is 16.6 Å². The molecular formula is C9H16N4O2. The van der Waals surface area contributed by atoms with Crippen LogP contribution in [0.25, 0.3) is 0 Å². The van der Waals surface area contributed by atoms with Crippen molar-refractivity contribution in [2.24, 2.45) is 10.8 Å². The average Bonchev–Trinajstić information content (AvgIpc) is 2.25. The number of hydrogen-bond acceptors (Lipinski definition) is 4. The zero-order valence-corrected chi connectivity index (χ0v) is 8.69. The minimum Gasteiger partial charge on any atom is -0.350 e. The molecule has 15 heavy (non-hydrogen) atoms. The number of carbonyl (C=O) groups excluding carboxylic acids is 2. The number of rotatable bonds is 7. The van der Waals surface area contributed by atoms with Gasteiger partial charge in [-0.15, -0.1) is 0 Å². The van der Waals surface area contributed by atoms with Gasteiger partial charge < -0.3 is 5.32 Å². The van der Waals surface area contributed by atoms with Crippen molar-refractivity contribution in [1.29, 1.82) is 0 Å². The van der Waals surface area contributed by atoms with Gasteiger partial charge in [0.1, 0.15) is 6.29 Å². The Balaban J connectivity index is 4.05. The lowest BCUT2D eigenvalue weighted by atomic mass is 10.2. The molecule has 0 rings (SSSR count). The molecule has 0 fully saturated rings. The highest BCUT2D eigenvalue weighted by Crippen LogP contribution is 1.99. The number of amides is 1. The second-order valence-corrected chi connectivity index (χ2v) is 2.67. The molecule has 0 unspecified atom stereocenters. The topological polar surface area (TPSA) is 96.6 Å². The van der Waals surface area contributed by atoms with Crippen LogP contribution in [0.2, 0.25) is 0 Å². The van der Waals surface area contributed by atoms with Gasteiger partial charge in [0.15, 0.2) is 0 Å². The number of aliphatic imine (C=N–C) groups is 1. The molecule has 1 amide bonds. The molecule has 0 aliphatic carbocycles. The average molecular weight is 212 g/mol. The van der Waals surface area contributed by atoms with Gasteiger partial charge in [-0.25, -0.2) is 5.84 Å². The molecule has 0 aromatic carbocycles. The summed E-state index contributed by atoms with van der Waals surface area (Å²) in [6.45, 7) is 2.55. The highest BCUT2D eigenvalue weighted by Gasteiger charge is 2.00. The molecule has 0 spiro atoms. The zero-order chi connectivity index (χ0) is 11.5. The first-order chi connectivity index (χ1) is 7.24. The summed E-state index contributed by atoms with van der Waals surface area (Å²) in [4.78, 5) is 25.0. The summed E-state index contributed by atoms with van der Waals surface area (Å²) in [7, 11) is 0. The minimum absolute atomic E-state index is 0.225. The molecule has 0 saturated carbocycles. The second-order valence-electron chi connectivity index (χ2n) is 2.67. The summed E-state index contributed by atoms with van der Waals surface area (Å²) in [5.74, 6) is 4.64. The fraction of sp³-hybridized carbons (Fsp3) is 0.444. The van der Waals surface area contributed by atoms with Crippen LogP contribution in [0.5, 0.6) is 0 Å². The lowest BCUT2D eigenvalue weighted by molar-refractivity contribution is -0.121. The Labute approximate surface area is 88.6 Å². The van der Waals surface area contributed by atoms with E-state index in [0.717, 1.165) is 0 Å². The lowest BCUT2D eigenvalue weighted by Gasteiger charge is -2.04. The minimum atomic E-state index is -0.277. The van der Waals surface area contributed by atoms with Crippen LogP contribution >= 0.6 is 0 Å². The standard InChI is InChI=1S/C9H16N4O2/c1-2-11-7-12-8(5-6-14)3-4-9(15)13-10/h5-7H,2-4,10H2,1H3,(H,11,12)(H,13,15)/b8-5-. The van der Waals surface area contributed by atoms with Crippen LogP contribution in [0.15, 0.2) is 16.8 Å². The Morgan fingerprint density at radius 1 is 1.47 bits per heavy atom. The maximum Gasteiger partial charge on any atom is 0.234 e. The van der Waals surface area contributed by atoms with Gasteiger partial charge in [-0.05, 0) is 19.4 Å². The molecule has 0 bridgehead atoms. The van der Waals surface area contributed by atoms with E-state index in [1.807, 2.05) is 12.3 Å². The quantitative estimate of drug-likeness (QED) is 0.101. The molecule has 0 aliphatic rings. The number of nitrogens with two attached hydrogens (primary N) is 1. The van der Waals surface area contributed by atoms with Gasteiger partial charge in [0, 0.05) is 18.7 Å². The predicted octanol–water partition coefficient (Wildman–Crippen LogP) is -0.523. The van der Waals surface area contributed by atoms with Crippen molar-refractivity contribution in [2.45, 2.75) is 19.8 Å². The zero-order valence-electron chi connectivity index (χ0n) is 8.69. The van der Waals surface area contributed by atoms with Crippen LogP contribution in [0.3, 0.4) is 0 Å². The fourth-order valence-corrected chi connectivity index (χ4v) is 0.826. The molecule has 6 nitrogen and oxygen atoms in total. The molecule has 0 aromatic heterocycles. The first-order valence-corrected chi connectivity index (χ1v) is 4.63. The summed E-state index contributed by atoms with van der Waals surface area (Å²) in [5, 5.41) is 2.82. The Morgan fingerprint density at radius 2 is 2.20 bits per heavy atom. The number of hydrazine groups is 1. The van der Waals surface area contributed by atoms with E-state index in [-0.39, 0.29) is 12.3 Å². The van der Waals surface area contributed by atoms with E-state index >= 15 is 0 Å². The first kappa shape index (κ1) is 13.3. The smallest absolute Gasteiger partial charge is 0.234 e. The van der Waals surface area contributed by atoms with Crippen molar-refractivity contribution in [3.8, 4) is 0 Å². The number of aldehydes is 1. The number of hydrogen-bond donors (Lipinski definition) is 3. The summed E-state index contributed by atoms with van der Waals surface area (Å²) < 4.78 is 0. The van der Waals surface area contributed by atoms with Gasteiger partial charge in [0.2, 0.25) is 5.91 Å². The van der Waals surface area contributed by atoms with Gasteiger partial charge in [-0.3, -0.25) is 20.0 Å². The van der Waals surface area contributed by atoms with Gasteiger partial charge in [0.25, 0.3) is 0 Å². The highest BCUT2D eigenvalue weighted by molar-refractivity contribution is 5.76. The molecule has 0 aliphatic heterocycles.